The zero-order valence-electron chi connectivity index (χ0n) is 61.7. The SMILES string of the molecule is C.C.C.C.C.C.C.C.C.C.C.C.CC.CC.CC.CC.CC.CC.Cc1ccc2cccc(C)c2c1C.Cc1ccc2ccnc(C)c2c1C.Cc1ccc2cncc(C)c2c1C.Cc1ccc2nccc(C)c2c1C.Cc1cnc2cccc(C)c2c1C.Cc1ncc2cccc(C)c2c1C. The average molecular weight is 1400 g/mol. The van der Waals surface area contributed by atoms with E-state index in [4.69, 9.17) is 0 Å². The number of pyridine rings is 5. The van der Waals surface area contributed by atoms with E-state index in [9.17, 15) is 0 Å². The van der Waals surface area contributed by atoms with Crippen LogP contribution >= 0.6 is 0 Å². The Labute approximate surface area is 635 Å². The molecule has 5 aromatic heterocycles. The summed E-state index contributed by atoms with van der Waals surface area (Å²) in [6.45, 7) is 62.5. The predicted octanol–water partition coefficient (Wildman–Crippen LogP) is 33.4. The number of rotatable bonds is 0. The van der Waals surface area contributed by atoms with Gasteiger partial charge in [-0.15, -0.1) is 0 Å². The van der Waals surface area contributed by atoms with E-state index in [1.54, 1.807) is 0 Å². The minimum absolute atomic E-state index is 0. The fraction of sp³-hybridized carbons (Fsp3) is 0.433. The van der Waals surface area contributed by atoms with Gasteiger partial charge in [-0.1, -0.05) is 263 Å². The molecule has 0 aliphatic carbocycles. The van der Waals surface area contributed by atoms with Crippen molar-refractivity contribution in [3.05, 3.63) is 253 Å². The van der Waals surface area contributed by atoms with Gasteiger partial charge in [0.1, 0.15) is 0 Å². The molecule has 0 bridgehead atoms. The lowest BCUT2D eigenvalue weighted by Gasteiger charge is -2.07. The van der Waals surface area contributed by atoms with Gasteiger partial charge in [-0.05, 0) is 265 Å². The lowest BCUT2D eigenvalue weighted by molar-refractivity contribution is 1.17. The molecular formula is C97H163N5. The van der Waals surface area contributed by atoms with Gasteiger partial charge in [-0.3, -0.25) is 24.9 Å². The molecule has 0 unspecified atom stereocenters. The highest BCUT2D eigenvalue weighted by atomic mass is 14.7. The molecule has 0 fully saturated rings. The Kier molecular flexibility index (Phi) is 74.1. The van der Waals surface area contributed by atoms with E-state index >= 15 is 0 Å². The van der Waals surface area contributed by atoms with E-state index in [1.165, 1.54) is 143 Å². The van der Waals surface area contributed by atoms with Gasteiger partial charge in [-0.25, -0.2) is 0 Å². The summed E-state index contributed by atoms with van der Waals surface area (Å²) in [7, 11) is 0. The van der Waals surface area contributed by atoms with Crippen LogP contribution in [0.3, 0.4) is 0 Å². The van der Waals surface area contributed by atoms with E-state index in [2.05, 4.69) is 265 Å². The fourth-order valence-corrected chi connectivity index (χ4v) is 10.6. The Balaban J connectivity index is -0.0000000903. The summed E-state index contributed by atoms with van der Waals surface area (Å²) < 4.78 is 0. The molecule has 102 heavy (non-hydrogen) atoms. The van der Waals surface area contributed by atoms with E-state index in [-0.39, 0.29) is 89.1 Å². The molecule has 0 aliphatic rings. The van der Waals surface area contributed by atoms with Crippen LogP contribution in [-0.4, -0.2) is 24.9 Å². The monoisotopic (exact) mass is 1400 g/mol. The number of fused-ring (bicyclic) bond motifs is 6. The summed E-state index contributed by atoms with van der Waals surface area (Å²) in [5.41, 5.74) is 25.8. The Bertz CT molecular complexity index is 3440. The Morgan fingerprint density at radius 2 is 0.510 bits per heavy atom. The van der Waals surface area contributed by atoms with Crippen LogP contribution in [0.5, 0.6) is 0 Å². The summed E-state index contributed by atoms with van der Waals surface area (Å²) in [6, 6.07) is 40.4. The van der Waals surface area contributed by atoms with Gasteiger partial charge in [-0.2, -0.15) is 0 Å². The smallest absolute Gasteiger partial charge is 0.0707 e. The van der Waals surface area contributed by atoms with Crippen LogP contribution in [0, 0.1) is 125 Å². The minimum atomic E-state index is 0. The fourth-order valence-electron chi connectivity index (χ4n) is 10.6. The molecule has 0 amide bonds. The lowest BCUT2D eigenvalue weighted by Crippen LogP contribution is -1.90. The van der Waals surface area contributed by atoms with Gasteiger partial charge in [0, 0.05) is 75.5 Å². The van der Waals surface area contributed by atoms with Crippen molar-refractivity contribution in [2.24, 2.45) is 0 Å². The molecule has 0 radical (unpaired) electrons. The van der Waals surface area contributed by atoms with Gasteiger partial charge in [0.05, 0.1) is 11.0 Å². The normalized spacial score (nSPS) is 8.53. The maximum Gasteiger partial charge on any atom is 0.0707 e. The quantitative estimate of drug-likeness (QED) is 0.151. The number of aromatic nitrogens is 5. The maximum atomic E-state index is 4.40. The zero-order valence-corrected chi connectivity index (χ0v) is 61.7. The largest absolute Gasteiger partial charge is 0.264 e. The molecule has 0 N–H and O–H groups in total. The van der Waals surface area contributed by atoms with Crippen molar-refractivity contribution >= 4 is 64.9 Å². The molecule has 5 heterocycles. The standard InChI is InChI=1S/C13H14.5C12H13N.6C2H6.12CH4/c1-9-7-8-12-6-4-5-10(2)13(12)11(9)3;1-8-4-5-11-7-13-6-9(2)12(11)10(8)3;1-8-4-5-11-6-7-13-10(3)12(11)9(8)2;1-8-4-5-11-12(10(8)3)9(2)6-7-13-11;1-8-5-4-6-11-7-13-10(3)9(2)12(8)11;1-8-5-4-6-11-12(8)10(3)9(2)7-13-11;6*1-2;;;;;;;;;;;;/h4-8H,1-3H3;5*4-7H,1-3H3;6*1-2H3;12*1H4. The second-order valence-electron chi connectivity index (χ2n) is 21.3. The molecule has 576 valence electrons. The number of hydrogen-bond donors (Lipinski definition) is 0. The van der Waals surface area contributed by atoms with Crippen molar-refractivity contribution in [2.45, 2.75) is 297 Å². The zero-order chi connectivity index (χ0) is 68.5. The van der Waals surface area contributed by atoms with Gasteiger partial charge in [0.25, 0.3) is 0 Å². The average Bonchev–Trinajstić information content (AvgIpc) is 0.862. The summed E-state index contributed by atoms with van der Waals surface area (Å²) >= 11 is 0. The molecular weight excluding hydrogens is 1240 g/mol. The van der Waals surface area contributed by atoms with Crippen molar-refractivity contribution in [3.8, 4) is 0 Å². The summed E-state index contributed by atoms with van der Waals surface area (Å²) in [5.74, 6) is 0. The third-order valence-corrected chi connectivity index (χ3v) is 16.0. The molecule has 12 aromatic rings. The van der Waals surface area contributed by atoms with Crippen molar-refractivity contribution in [1.29, 1.82) is 0 Å². The van der Waals surface area contributed by atoms with E-state index in [0.29, 0.717) is 0 Å². The molecule has 0 saturated carbocycles. The van der Waals surface area contributed by atoms with Crippen LogP contribution in [0.15, 0.2) is 152 Å². The third kappa shape index (κ3) is 32.0. The number of hydrogen-bond acceptors (Lipinski definition) is 5. The third-order valence-electron chi connectivity index (χ3n) is 16.0. The van der Waals surface area contributed by atoms with Crippen molar-refractivity contribution < 1.29 is 0 Å². The molecule has 0 atom stereocenters. The van der Waals surface area contributed by atoms with Crippen LogP contribution in [0.25, 0.3) is 64.9 Å². The summed E-state index contributed by atoms with van der Waals surface area (Å²) in [6.07, 6.45) is 11.5. The van der Waals surface area contributed by atoms with E-state index in [0.717, 1.165) is 22.4 Å². The van der Waals surface area contributed by atoms with Gasteiger partial charge in [0.2, 0.25) is 0 Å². The Morgan fingerprint density at radius 3 is 0.980 bits per heavy atom. The highest BCUT2D eigenvalue weighted by molar-refractivity contribution is 5.92. The Morgan fingerprint density at radius 1 is 0.186 bits per heavy atom. The second-order valence-corrected chi connectivity index (χ2v) is 21.3. The first-order valence-corrected chi connectivity index (χ1v) is 33.2. The predicted molar refractivity (Wildman–Crippen MR) is 487 cm³/mol. The molecule has 0 aliphatic heterocycles. The van der Waals surface area contributed by atoms with Crippen molar-refractivity contribution in [1.82, 2.24) is 24.9 Å². The highest BCUT2D eigenvalue weighted by Crippen LogP contribution is 2.28. The molecule has 5 nitrogen and oxygen atoms in total. The first-order valence-electron chi connectivity index (χ1n) is 33.2. The Hall–Kier alpha value is -8.15. The maximum absolute atomic E-state index is 4.40. The number of nitrogens with zero attached hydrogens (tertiary/aromatic N) is 5. The summed E-state index contributed by atoms with van der Waals surface area (Å²) in [4.78, 5) is 21.6. The molecule has 12 rings (SSSR count). The van der Waals surface area contributed by atoms with Crippen LogP contribution in [0.2, 0.25) is 0 Å². The second kappa shape index (κ2) is 62.6. The van der Waals surface area contributed by atoms with Crippen LogP contribution < -0.4 is 0 Å². The van der Waals surface area contributed by atoms with Crippen molar-refractivity contribution in [2.75, 3.05) is 0 Å². The van der Waals surface area contributed by atoms with Crippen LogP contribution in [-0.2, 0) is 0 Å². The molecule has 7 aromatic carbocycles. The van der Waals surface area contributed by atoms with Crippen molar-refractivity contribution in [3.63, 3.8) is 0 Å². The first-order chi connectivity index (χ1) is 43.2. The van der Waals surface area contributed by atoms with Gasteiger partial charge < -0.3 is 0 Å². The lowest BCUT2D eigenvalue weighted by atomic mass is 9.97. The first kappa shape index (κ1) is 121. The topological polar surface area (TPSA) is 64.5 Å². The van der Waals surface area contributed by atoms with E-state index in [1.807, 2.05) is 120 Å². The molecule has 0 spiro atoms. The van der Waals surface area contributed by atoms with Gasteiger partial charge >= 0.3 is 0 Å². The number of aryl methyl sites for hydroxylation is 18. The highest BCUT2D eigenvalue weighted by Gasteiger charge is 2.08. The van der Waals surface area contributed by atoms with Gasteiger partial charge in [0.15, 0.2) is 0 Å². The summed E-state index contributed by atoms with van der Waals surface area (Å²) in [5, 5.41) is 13.2. The van der Waals surface area contributed by atoms with Crippen LogP contribution in [0.1, 0.15) is 273 Å². The molecule has 5 heteroatoms. The number of benzene rings is 7. The minimum Gasteiger partial charge on any atom is -0.264 e. The molecule has 0 saturated heterocycles. The van der Waals surface area contributed by atoms with E-state index < -0.39 is 0 Å². The van der Waals surface area contributed by atoms with Crippen LogP contribution in [0.4, 0.5) is 0 Å².